The highest BCUT2D eigenvalue weighted by atomic mass is 16.5. The van der Waals surface area contributed by atoms with Gasteiger partial charge in [-0.15, -0.1) is 0 Å². The van der Waals surface area contributed by atoms with Crippen molar-refractivity contribution in [2.24, 2.45) is 5.73 Å². The summed E-state index contributed by atoms with van der Waals surface area (Å²) in [6.07, 6.45) is 0.493. The van der Waals surface area contributed by atoms with E-state index < -0.39 is 37.0 Å². The molecule has 1 aromatic carbocycles. The summed E-state index contributed by atoms with van der Waals surface area (Å²) >= 11 is 0. The molecular weight excluding hydrogens is 166 g/mol. The van der Waals surface area contributed by atoms with E-state index in [1.165, 1.54) is 0 Å². The molecule has 0 bridgehead atoms. The van der Waals surface area contributed by atoms with Crippen LogP contribution < -0.4 is 15.2 Å². The molecule has 0 atom stereocenters. The molecule has 0 amide bonds. The van der Waals surface area contributed by atoms with E-state index in [0.717, 1.165) is 0 Å². The molecule has 3 heteroatoms. The number of methoxy groups -OCH3 is 1. The van der Waals surface area contributed by atoms with Crippen LogP contribution in [0.4, 0.5) is 0 Å². The van der Waals surface area contributed by atoms with Gasteiger partial charge < -0.3 is 15.2 Å². The van der Waals surface area contributed by atoms with Crippen molar-refractivity contribution in [2.45, 2.75) is 6.42 Å². The van der Waals surface area contributed by atoms with Crippen molar-refractivity contribution in [1.29, 1.82) is 0 Å². The molecule has 0 radical (unpaired) electrons. The minimum absolute atomic E-state index is 0.145. The summed E-state index contributed by atoms with van der Waals surface area (Å²) in [6, 6.07) is -2.15. The van der Waals surface area contributed by atoms with Gasteiger partial charge in [0.25, 0.3) is 0 Å². The Balaban J connectivity index is 3.20. The van der Waals surface area contributed by atoms with Crippen LogP contribution in [0.15, 0.2) is 24.2 Å². The summed E-state index contributed by atoms with van der Waals surface area (Å²) in [5.41, 5.74) is 5.29. The van der Waals surface area contributed by atoms with Crippen molar-refractivity contribution in [3.63, 3.8) is 0 Å². The third kappa shape index (κ3) is 3.34. The Hall–Kier alpha value is -1.22. The summed E-state index contributed by atoms with van der Waals surface area (Å²) in [4.78, 5) is 0. The summed E-state index contributed by atoms with van der Waals surface area (Å²) in [6.45, 7) is 0.509. The number of hydrogen-bond acceptors (Lipinski definition) is 3. The highest BCUT2D eigenvalue weighted by Gasteiger charge is 1.93. The normalized spacial score (nSPS) is 18.4. The molecule has 0 unspecified atom stereocenters. The van der Waals surface area contributed by atoms with Crippen LogP contribution in [0.1, 0.15) is 16.0 Å². The monoisotopic (exact) mass is 188 g/mol. The Morgan fingerprint density at radius 3 is 2.69 bits per heavy atom. The van der Waals surface area contributed by atoms with Crippen LogP contribution in [-0.2, 0) is 0 Å². The fourth-order valence-corrected chi connectivity index (χ4v) is 0.670. The fourth-order valence-electron chi connectivity index (χ4n) is 0.670. The van der Waals surface area contributed by atoms with E-state index in [9.17, 15) is 0 Å². The maximum absolute atomic E-state index is 7.71. The van der Waals surface area contributed by atoms with Gasteiger partial charge >= 0.3 is 0 Å². The second-order valence-electron chi connectivity index (χ2n) is 2.25. The van der Waals surface area contributed by atoms with E-state index >= 15 is 0 Å². The summed E-state index contributed by atoms with van der Waals surface area (Å²) in [7, 11) is -2.85. The SMILES string of the molecule is [2H]c1c([2H])c(OC([2H])([2H])[2H])c([2H])c([2H])c1OCCCN. The Morgan fingerprint density at radius 2 is 2.08 bits per heavy atom. The van der Waals surface area contributed by atoms with Gasteiger partial charge in [0.1, 0.15) is 11.5 Å². The number of nitrogens with two attached hydrogens (primary N) is 1. The molecule has 1 rings (SSSR count). The first-order valence-corrected chi connectivity index (χ1v) is 3.81. The zero-order valence-corrected chi connectivity index (χ0v) is 7.02. The lowest BCUT2D eigenvalue weighted by molar-refractivity contribution is 0.312. The average Bonchev–Trinajstić information content (AvgIpc) is 2.35. The molecule has 1 aromatic rings. The molecular formula is C10H15NO2. The number of rotatable bonds is 5. The lowest BCUT2D eigenvalue weighted by atomic mass is 10.3. The summed E-state index contributed by atoms with van der Waals surface area (Å²) < 4.78 is 61.3. The van der Waals surface area contributed by atoms with Gasteiger partial charge in [-0.05, 0) is 37.1 Å². The molecule has 0 fully saturated rings. The second-order valence-corrected chi connectivity index (χ2v) is 2.25. The first kappa shape index (κ1) is 3.88. The van der Waals surface area contributed by atoms with E-state index in [2.05, 4.69) is 4.74 Å². The van der Waals surface area contributed by atoms with Crippen LogP contribution in [0.3, 0.4) is 0 Å². The fraction of sp³-hybridized carbons (Fsp3) is 0.400. The quantitative estimate of drug-likeness (QED) is 0.711. The summed E-state index contributed by atoms with van der Waals surface area (Å²) in [5, 5.41) is 0. The van der Waals surface area contributed by atoms with Gasteiger partial charge in [0.15, 0.2) is 0 Å². The second kappa shape index (κ2) is 5.43. The molecule has 0 saturated heterocycles. The van der Waals surface area contributed by atoms with Crippen molar-refractivity contribution in [1.82, 2.24) is 0 Å². The molecule has 0 aliphatic carbocycles. The zero-order valence-electron chi connectivity index (χ0n) is 14.0. The molecule has 0 aliphatic rings. The van der Waals surface area contributed by atoms with Gasteiger partial charge in [-0.2, -0.15) is 0 Å². The molecule has 2 N–H and O–H groups in total. The van der Waals surface area contributed by atoms with Gasteiger partial charge in [0, 0.05) is 0 Å². The first-order valence-electron chi connectivity index (χ1n) is 7.31. The van der Waals surface area contributed by atoms with E-state index in [4.69, 9.17) is 20.1 Å². The molecule has 0 aromatic heterocycles. The van der Waals surface area contributed by atoms with Crippen LogP contribution in [-0.4, -0.2) is 20.2 Å². The Morgan fingerprint density at radius 1 is 1.38 bits per heavy atom. The molecule has 72 valence electrons. The van der Waals surface area contributed by atoms with Gasteiger partial charge in [-0.3, -0.25) is 0 Å². The van der Waals surface area contributed by atoms with E-state index in [0.29, 0.717) is 13.0 Å². The standard InChI is InChI=1S/C10H15NO2/c1-12-9-3-5-10(6-4-9)13-8-2-7-11/h3-6H,2,7-8,11H2,1H3/i1D3,3D,4D,5D,6D. The number of hydrogen-bond donors (Lipinski definition) is 1. The molecule has 0 saturated carbocycles. The van der Waals surface area contributed by atoms with E-state index in [1.807, 2.05) is 0 Å². The van der Waals surface area contributed by atoms with Crippen LogP contribution in [0.5, 0.6) is 11.5 Å². The third-order valence-corrected chi connectivity index (χ3v) is 1.28. The Labute approximate surface area is 88.3 Å². The molecule has 13 heavy (non-hydrogen) atoms. The van der Waals surface area contributed by atoms with Gasteiger partial charge in [-0.25, -0.2) is 0 Å². The number of benzene rings is 1. The Bertz CT molecular complexity index is 460. The average molecular weight is 188 g/mol. The molecule has 3 nitrogen and oxygen atoms in total. The van der Waals surface area contributed by atoms with Crippen molar-refractivity contribution >= 4 is 0 Å². The minimum Gasteiger partial charge on any atom is -0.497 e. The lowest BCUT2D eigenvalue weighted by Crippen LogP contribution is -2.05. The summed E-state index contributed by atoms with van der Waals surface area (Å²) in [5.74, 6) is -0.863. The largest absolute Gasteiger partial charge is 0.497 e. The lowest BCUT2D eigenvalue weighted by Gasteiger charge is -2.05. The molecule has 0 heterocycles. The first-order chi connectivity index (χ1) is 9.19. The third-order valence-electron chi connectivity index (χ3n) is 1.28. The molecule has 0 aliphatic heterocycles. The van der Waals surface area contributed by atoms with Crippen LogP contribution >= 0.6 is 0 Å². The van der Waals surface area contributed by atoms with Gasteiger partial charge in [0.05, 0.1) is 23.2 Å². The highest BCUT2D eigenvalue weighted by molar-refractivity contribution is 5.30. The van der Waals surface area contributed by atoms with Gasteiger partial charge in [-0.1, -0.05) is 0 Å². The maximum Gasteiger partial charge on any atom is 0.119 e. The van der Waals surface area contributed by atoms with Crippen molar-refractivity contribution in [3.05, 3.63) is 24.2 Å². The van der Waals surface area contributed by atoms with Crippen molar-refractivity contribution < 1.29 is 19.1 Å². The van der Waals surface area contributed by atoms with Crippen molar-refractivity contribution in [2.75, 3.05) is 20.2 Å². The van der Waals surface area contributed by atoms with Crippen LogP contribution in [0.2, 0.25) is 0 Å². The molecule has 0 spiro atoms. The minimum atomic E-state index is -2.85. The van der Waals surface area contributed by atoms with Crippen LogP contribution in [0.25, 0.3) is 0 Å². The zero-order chi connectivity index (χ0) is 15.5. The smallest absolute Gasteiger partial charge is 0.119 e. The van der Waals surface area contributed by atoms with Crippen LogP contribution in [0, 0.1) is 0 Å². The predicted molar refractivity (Wildman–Crippen MR) is 52.2 cm³/mol. The Kier molecular flexibility index (Phi) is 1.62. The number of ether oxygens (including phenoxy) is 2. The van der Waals surface area contributed by atoms with Gasteiger partial charge in [0.2, 0.25) is 0 Å². The van der Waals surface area contributed by atoms with E-state index in [-0.39, 0.29) is 12.4 Å². The van der Waals surface area contributed by atoms with E-state index in [1.54, 1.807) is 0 Å². The predicted octanol–water partition coefficient (Wildman–Crippen LogP) is 1.42. The van der Waals surface area contributed by atoms with Crippen molar-refractivity contribution in [3.8, 4) is 11.5 Å². The highest BCUT2D eigenvalue weighted by Crippen LogP contribution is 2.16. The topological polar surface area (TPSA) is 44.5 Å². The maximum atomic E-state index is 7.71.